The number of hydrogen-bond donors (Lipinski definition) is 1. The van der Waals surface area contributed by atoms with E-state index in [2.05, 4.69) is 20.8 Å². The van der Waals surface area contributed by atoms with E-state index in [0.29, 0.717) is 22.1 Å². The van der Waals surface area contributed by atoms with E-state index in [-0.39, 0.29) is 5.41 Å². The quantitative estimate of drug-likeness (QED) is 0.842. The molecule has 0 radical (unpaired) electrons. The predicted octanol–water partition coefficient (Wildman–Crippen LogP) is 2.82. The highest BCUT2D eigenvalue weighted by molar-refractivity contribution is 7.85. The van der Waals surface area contributed by atoms with Gasteiger partial charge in [-0.1, -0.05) is 20.8 Å². The molecule has 17 heavy (non-hydrogen) atoms. The van der Waals surface area contributed by atoms with Gasteiger partial charge in [0.1, 0.15) is 5.75 Å². The summed E-state index contributed by atoms with van der Waals surface area (Å²) in [4.78, 5) is 0.675. The van der Waals surface area contributed by atoms with Crippen LogP contribution < -0.4 is 10.5 Å². The van der Waals surface area contributed by atoms with E-state index in [4.69, 9.17) is 10.5 Å². The minimum absolute atomic E-state index is 0.184. The summed E-state index contributed by atoms with van der Waals surface area (Å²) < 4.78 is 17.3. The second-order valence-corrected chi connectivity index (χ2v) is 6.80. The van der Waals surface area contributed by atoms with Crippen LogP contribution in [0.3, 0.4) is 0 Å². The maximum absolute atomic E-state index is 12.2. The van der Waals surface area contributed by atoms with Crippen LogP contribution in [0.4, 0.5) is 5.69 Å². The first kappa shape index (κ1) is 14.0. The molecule has 1 unspecified atom stereocenters. The number of anilines is 1. The number of benzene rings is 1. The zero-order valence-electron chi connectivity index (χ0n) is 10.9. The summed E-state index contributed by atoms with van der Waals surface area (Å²) in [6.45, 7) is 6.41. The SMILES string of the molecule is COc1ccc(N)c(S(=O)CCC(C)(C)C)c1. The van der Waals surface area contributed by atoms with Gasteiger partial charge < -0.3 is 10.5 Å². The first-order valence-electron chi connectivity index (χ1n) is 5.65. The molecule has 0 aromatic heterocycles. The van der Waals surface area contributed by atoms with Crippen molar-refractivity contribution in [3.63, 3.8) is 0 Å². The highest BCUT2D eigenvalue weighted by Crippen LogP contribution is 2.25. The molecule has 0 aliphatic carbocycles. The minimum Gasteiger partial charge on any atom is -0.497 e. The van der Waals surface area contributed by atoms with Gasteiger partial charge in [0.2, 0.25) is 0 Å². The highest BCUT2D eigenvalue weighted by atomic mass is 32.2. The van der Waals surface area contributed by atoms with E-state index in [1.54, 1.807) is 25.3 Å². The summed E-state index contributed by atoms with van der Waals surface area (Å²) in [5.41, 5.74) is 6.59. The maximum atomic E-state index is 12.2. The monoisotopic (exact) mass is 255 g/mol. The first-order valence-corrected chi connectivity index (χ1v) is 6.97. The second-order valence-electron chi connectivity index (χ2n) is 5.26. The molecule has 1 aromatic carbocycles. The third-order valence-electron chi connectivity index (χ3n) is 2.50. The lowest BCUT2D eigenvalue weighted by molar-refractivity contribution is 0.400. The molecule has 0 heterocycles. The summed E-state index contributed by atoms with van der Waals surface area (Å²) in [6, 6.07) is 5.27. The van der Waals surface area contributed by atoms with Gasteiger partial charge in [0.05, 0.1) is 22.8 Å². The summed E-state index contributed by atoms with van der Waals surface area (Å²) in [6.07, 6.45) is 0.899. The lowest BCUT2D eigenvalue weighted by Gasteiger charge is -2.17. The van der Waals surface area contributed by atoms with Crippen LogP contribution in [0.5, 0.6) is 5.75 Å². The van der Waals surface area contributed by atoms with Gasteiger partial charge in [-0.2, -0.15) is 0 Å². The van der Waals surface area contributed by atoms with Gasteiger partial charge in [-0.3, -0.25) is 4.21 Å². The smallest absolute Gasteiger partial charge is 0.120 e. The average molecular weight is 255 g/mol. The fourth-order valence-electron chi connectivity index (χ4n) is 1.35. The van der Waals surface area contributed by atoms with Crippen molar-refractivity contribution >= 4 is 16.5 Å². The Bertz CT molecular complexity index is 410. The summed E-state index contributed by atoms with van der Waals surface area (Å²) in [5, 5.41) is 0. The standard InChI is InChI=1S/C13H21NO2S/c1-13(2,3)7-8-17(15)12-9-10(16-4)5-6-11(12)14/h5-6,9H,7-8,14H2,1-4H3. The number of nitrogens with two attached hydrogens (primary N) is 1. The van der Waals surface area contributed by atoms with Crippen LogP contribution in [0.15, 0.2) is 23.1 Å². The maximum Gasteiger partial charge on any atom is 0.120 e. The van der Waals surface area contributed by atoms with E-state index in [1.807, 2.05) is 0 Å². The van der Waals surface area contributed by atoms with Crippen molar-refractivity contribution < 1.29 is 8.95 Å². The Labute approximate surface area is 106 Å². The molecule has 0 bridgehead atoms. The van der Waals surface area contributed by atoms with Gasteiger partial charge in [0.15, 0.2) is 0 Å². The van der Waals surface area contributed by atoms with Gasteiger partial charge in [0.25, 0.3) is 0 Å². The Hall–Kier alpha value is -1.03. The number of rotatable bonds is 4. The molecular weight excluding hydrogens is 234 g/mol. The molecule has 1 rings (SSSR count). The second kappa shape index (κ2) is 5.54. The van der Waals surface area contributed by atoms with E-state index < -0.39 is 10.8 Å². The van der Waals surface area contributed by atoms with Crippen LogP contribution in [0.25, 0.3) is 0 Å². The molecule has 0 amide bonds. The van der Waals surface area contributed by atoms with Gasteiger partial charge in [0, 0.05) is 11.4 Å². The summed E-state index contributed by atoms with van der Waals surface area (Å²) in [5.74, 6) is 1.32. The van der Waals surface area contributed by atoms with Crippen molar-refractivity contribution in [1.29, 1.82) is 0 Å². The van der Waals surface area contributed by atoms with Crippen LogP contribution in [0, 0.1) is 5.41 Å². The Morgan fingerprint density at radius 2 is 2.00 bits per heavy atom. The zero-order chi connectivity index (χ0) is 13.1. The molecular formula is C13H21NO2S. The number of methoxy groups -OCH3 is 1. The summed E-state index contributed by atoms with van der Waals surface area (Å²) >= 11 is 0. The van der Waals surface area contributed by atoms with E-state index in [1.165, 1.54) is 0 Å². The van der Waals surface area contributed by atoms with Crippen LogP contribution in [0.1, 0.15) is 27.2 Å². The van der Waals surface area contributed by atoms with Crippen LogP contribution in [-0.2, 0) is 10.8 Å². The Balaban J connectivity index is 2.81. The number of nitrogen functional groups attached to an aromatic ring is 1. The normalized spacial score (nSPS) is 13.4. The van der Waals surface area contributed by atoms with E-state index >= 15 is 0 Å². The zero-order valence-corrected chi connectivity index (χ0v) is 11.8. The van der Waals surface area contributed by atoms with Crippen molar-refractivity contribution in [3.05, 3.63) is 18.2 Å². The van der Waals surface area contributed by atoms with Crippen LogP contribution in [-0.4, -0.2) is 17.1 Å². The van der Waals surface area contributed by atoms with Gasteiger partial charge >= 0.3 is 0 Å². The van der Waals surface area contributed by atoms with E-state index in [9.17, 15) is 4.21 Å². The first-order chi connectivity index (χ1) is 7.83. The molecule has 1 aromatic rings. The highest BCUT2D eigenvalue weighted by Gasteiger charge is 2.15. The Kier molecular flexibility index (Phi) is 4.57. The Morgan fingerprint density at radius 1 is 1.35 bits per heavy atom. The van der Waals surface area contributed by atoms with E-state index in [0.717, 1.165) is 6.42 Å². The molecule has 2 N–H and O–H groups in total. The lowest BCUT2D eigenvalue weighted by atomic mass is 9.94. The van der Waals surface area contributed by atoms with Gasteiger partial charge in [-0.25, -0.2) is 0 Å². The van der Waals surface area contributed by atoms with Gasteiger partial charge in [-0.15, -0.1) is 0 Å². The number of ether oxygens (including phenoxy) is 1. The largest absolute Gasteiger partial charge is 0.497 e. The predicted molar refractivity (Wildman–Crippen MR) is 72.8 cm³/mol. The molecule has 1 atom stereocenters. The molecule has 3 nitrogen and oxygen atoms in total. The van der Waals surface area contributed by atoms with Crippen molar-refractivity contribution in [2.24, 2.45) is 5.41 Å². The average Bonchev–Trinajstić information content (AvgIpc) is 2.25. The molecule has 0 saturated carbocycles. The topological polar surface area (TPSA) is 52.3 Å². The van der Waals surface area contributed by atoms with Crippen molar-refractivity contribution in [2.45, 2.75) is 32.1 Å². The molecule has 0 fully saturated rings. The molecule has 0 aliphatic heterocycles. The van der Waals surface area contributed by atoms with Crippen molar-refractivity contribution in [1.82, 2.24) is 0 Å². The number of hydrogen-bond acceptors (Lipinski definition) is 3. The minimum atomic E-state index is -1.06. The third kappa shape index (κ3) is 4.38. The van der Waals surface area contributed by atoms with Gasteiger partial charge in [-0.05, 0) is 30.0 Å². The fraction of sp³-hybridized carbons (Fsp3) is 0.538. The molecule has 4 heteroatoms. The van der Waals surface area contributed by atoms with Crippen molar-refractivity contribution in [2.75, 3.05) is 18.6 Å². The van der Waals surface area contributed by atoms with Crippen LogP contribution in [0.2, 0.25) is 0 Å². The van der Waals surface area contributed by atoms with Crippen LogP contribution >= 0.6 is 0 Å². The lowest BCUT2D eigenvalue weighted by Crippen LogP contribution is -2.11. The summed E-state index contributed by atoms with van der Waals surface area (Å²) in [7, 11) is 0.532. The molecule has 96 valence electrons. The van der Waals surface area contributed by atoms with Crippen molar-refractivity contribution in [3.8, 4) is 5.75 Å². The molecule has 0 spiro atoms. The Morgan fingerprint density at radius 3 is 2.53 bits per heavy atom. The third-order valence-corrected chi connectivity index (χ3v) is 3.92. The molecule has 0 saturated heterocycles. The fourth-order valence-corrected chi connectivity index (χ4v) is 2.94. The molecule has 0 aliphatic rings.